The largest absolute Gasteiger partial charge is 0.417 e. The molecule has 0 fully saturated rings. The van der Waals surface area contributed by atoms with Gasteiger partial charge in [-0.05, 0) is 23.7 Å². The van der Waals surface area contributed by atoms with E-state index in [0.29, 0.717) is 12.1 Å². The van der Waals surface area contributed by atoms with Gasteiger partial charge in [-0.1, -0.05) is 0 Å². The summed E-state index contributed by atoms with van der Waals surface area (Å²) < 4.78 is 37.7. The molecule has 88 valence electrons. The summed E-state index contributed by atoms with van der Waals surface area (Å²) in [6.45, 7) is 0. The summed E-state index contributed by atoms with van der Waals surface area (Å²) in [7, 11) is 0. The van der Waals surface area contributed by atoms with Crippen molar-refractivity contribution in [2.45, 2.75) is 6.18 Å². The fourth-order valence-electron chi connectivity index (χ4n) is 1.21. The molecule has 3 nitrogen and oxygen atoms in total. The second-order valence-electron chi connectivity index (χ2n) is 2.99. The Morgan fingerprint density at radius 3 is 2.35 bits per heavy atom. The summed E-state index contributed by atoms with van der Waals surface area (Å²) in [5.41, 5.74) is -2.96. The molecule has 1 aromatic rings. The summed E-state index contributed by atoms with van der Waals surface area (Å²) >= 11 is 5.00. The van der Waals surface area contributed by atoms with E-state index in [2.05, 4.69) is 0 Å². The van der Waals surface area contributed by atoms with Gasteiger partial charge in [0.25, 0.3) is 5.24 Å². The molecular formula is C10H3ClF3NO2. The van der Waals surface area contributed by atoms with E-state index in [4.69, 9.17) is 16.9 Å². The molecule has 0 unspecified atom stereocenters. The van der Waals surface area contributed by atoms with Gasteiger partial charge in [0.15, 0.2) is 6.29 Å². The highest BCUT2D eigenvalue weighted by atomic mass is 35.5. The van der Waals surface area contributed by atoms with Crippen molar-refractivity contribution in [2.75, 3.05) is 0 Å². The van der Waals surface area contributed by atoms with E-state index in [1.165, 1.54) is 6.07 Å². The van der Waals surface area contributed by atoms with E-state index >= 15 is 0 Å². The first kappa shape index (κ1) is 13.2. The van der Waals surface area contributed by atoms with Crippen LogP contribution in [-0.2, 0) is 6.18 Å². The van der Waals surface area contributed by atoms with Crippen molar-refractivity contribution in [2.24, 2.45) is 0 Å². The molecule has 1 rings (SSSR count). The first-order chi connectivity index (χ1) is 7.81. The zero-order chi connectivity index (χ0) is 13.2. The summed E-state index contributed by atoms with van der Waals surface area (Å²) in [4.78, 5) is 21.4. The van der Waals surface area contributed by atoms with Crippen LogP contribution in [0.1, 0.15) is 31.8 Å². The van der Waals surface area contributed by atoms with Gasteiger partial charge in [-0.25, -0.2) is 0 Å². The smallest absolute Gasteiger partial charge is 0.298 e. The predicted molar refractivity (Wildman–Crippen MR) is 51.7 cm³/mol. The first-order valence-corrected chi connectivity index (χ1v) is 4.49. The molecule has 7 heteroatoms. The number of nitrogens with zero attached hydrogens (tertiary/aromatic N) is 1. The summed E-state index contributed by atoms with van der Waals surface area (Å²) in [6.07, 6.45) is -4.72. The number of hydrogen-bond donors (Lipinski definition) is 0. The maximum absolute atomic E-state index is 12.6. The SMILES string of the molecule is N#Cc1cc(C(=O)Cl)c(C(F)(F)F)cc1C=O. The van der Waals surface area contributed by atoms with Crippen LogP contribution in [0.15, 0.2) is 12.1 Å². The number of nitriles is 1. The molecule has 0 radical (unpaired) electrons. The van der Waals surface area contributed by atoms with Crippen LogP contribution >= 0.6 is 11.6 Å². The van der Waals surface area contributed by atoms with Crippen molar-refractivity contribution < 1.29 is 22.8 Å². The molecule has 0 aliphatic carbocycles. The van der Waals surface area contributed by atoms with Crippen molar-refractivity contribution in [3.63, 3.8) is 0 Å². The lowest BCUT2D eigenvalue weighted by Crippen LogP contribution is -2.12. The molecule has 0 heterocycles. The topological polar surface area (TPSA) is 57.9 Å². The fraction of sp³-hybridized carbons (Fsp3) is 0.100. The number of hydrogen-bond acceptors (Lipinski definition) is 3. The molecule has 0 aliphatic rings. The number of aldehydes is 1. The minimum atomic E-state index is -4.83. The van der Waals surface area contributed by atoms with E-state index in [9.17, 15) is 22.8 Å². The number of benzene rings is 1. The van der Waals surface area contributed by atoms with Crippen molar-refractivity contribution in [1.82, 2.24) is 0 Å². The third kappa shape index (κ3) is 2.63. The Morgan fingerprint density at radius 1 is 1.41 bits per heavy atom. The summed E-state index contributed by atoms with van der Waals surface area (Å²) in [5, 5.41) is 7.26. The Balaban J connectivity index is 3.65. The molecule has 0 atom stereocenters. The van der Waals surface area contributed by atoms with Crippen molar-refractivity contribution >= 4 is 23.1 Å². The maximum atomic E-state index is 12.6. The molecule has 17 heavy (non-hydrogen) atoms. The number of halogens is 4. The second kappa shape index (κ2) is 4.55. The monoisotopic (exact) mass is 261 g/mol. The Morgan fingerprint density at radius 2 is 2.00 bits per heavy atom. The van der Waals surface area contributed by atoms with Crippen molar-refractivity contribution in [3.8, 4) is 6.07 Å². The quantitative estimate of drug-likeness (QED) is 0.607. The molecule has 0 spiro atoms. The second-order valence-corrected chi connectivity index (χ2v) is 3.33. The van der Waals surface area contributed by atoms with Crippen LogP contribution < -0.4 is 0 Å². The van der Waals surface area contributed by atoms with Gasteiger partial charge in [-0.15, -0.1) is 0 Å². The standard InChI is InChI=1S/C10H3ClF3NO2/c11-9(17)7-1-5(3-15)6(4-16)2-8(7)10(12,13)14/h1-2,4H. The van der Waals surface area contributed by atoms with Gasteiger partial charge in [0.1, 0.15) is 0 Å². The molecule has 0 aromatic heterocycles. The molecule has 0 amide bonds. The Kier molecular flexibility index (Phi) is 3.53. The van der Waals surface area contributed by atoms with Gasteiger partial charge in [0, 0.05) is 11.1 Å². The highest BCUT2D eigenvalue weighted by molar-refractivity contribution is 6.68. The van der Waals surface area contributed by atoms with Gasteiger partial charge < -0.3 is 0 Å². The maximum Gasteiger partial charge on any atom is 0.417 e. The van der Waals surface area contributed by atoms with E-state index in [1.807, 2.05) is 0 Å². The van der Waals surface area contributed by atoms with E-state index in [-0.39, 0.29) is 11.8 Å². The van der Waals surface area contributed by atoms with Crippen molar-refractivity contribution in [3.05, 3.63) is 34.4 Å². The van der Waals surface area contributed by atoms with Crippen LogP contribution in [0.4, 0.5) is 13.2 Å². The van der Waals surface area contributed by atoms with Gasteiger partial charge in [0.05, 0.1) is 17.2 Å². The highest BCUT2D eigenvalue weighted by Gasteiger charge is 2.35. The van der Waals surface area contributed by atoms with E-state index in [0.717, 1.165) is 0 Å². The van der Waals surface area contributed by atoms with Gasteiger partial charge >= 0.3 is 6.18 Å². The first-order valence-electron chi connectivity index (χ1n) is 4.11. The summed E-state index contributed by atoms with van der Waals surface area (Å²) in [5.74, 6) is 0. The van der Waals surface area contributed by atoms with Gasteiger partial charge in [-0.3, -0.25) is 9.59 Å². The van der Waals surface area contributed by atoms with Crippen LogP contribution in [0.25, 0.3) is 0 Å². The Labute approximate surface area is 98.4 Å². The zero-order valence-electron chi connectivity index (χ0n) is 8.01. The van der Waals surface area contributed by atoms with Crippen LogP contribution in [0.5, 0.6) is 0 Å². The van der Waals surface area contributed by atoms with Crippen molar-refractivity contribution in [1.29, 1.82) is 5.26 Å². The minimum Gasteiger partial charge on any atom is -0.298 e. The van der Waals surface area contributed by atoms with Crippen LogP contribution in [0, 0.1) is 11.3 Å². The molecule has 0 saturated heterocycles. The van der Waals surface area contributed by atoms with Crippen LogP contribution in [-0.4, -0.2) is 11.5 Å². The molecule has 0 bridgehead atoms. The van der Waals surface area contributed by atoms with Crippen LogP contribution in [0.2, 0.25) is 0 Å². The number of carbonyl (C=O) groups excluding carboxylic acids is 2. The van der Waals surface area contributed by atoms with E-state index in [1.54, 1.807) is 0 Å². The molecule has 0 aliphatic heterocycles. The normalized spacial score (nSPS) is 10.8. The zero-order valence-corrected chi connectivity index (χ0v) is 8.76. The third-order valence-corrected chi connectivity index (χ3v) is 2.16. The average molecular weight is 262 g/mol. The Hall–Kier alpha value is -1.87. The van der Waals surface area contributed by atoms with Gasteiger partial charge in [-0.2, -0.15) is 18.4 Å². The molecule has 0 saturated carbocycles. The third-order valence-electron chi connectivity index (χ3n) is 1.95. The molecule has 0 N–H and O–H groups in total. The molecular weight excluding hydrogens is 259 g/mol. The van der Waals surface area contributed by atoms with E-state index < -0.39 is 28.1 Å². The fourth-order valence-corrected chi connectivity index (χ4v) is 1.36. The number of carbonyl (C=O) groups is 2. The predicted octanol–water partition coefficient (Wildman–Crippen LogP) is 2.77. The summed E-state index contributed by atoms with van der Waals surface area (Å²) in [6, 6.07) is 2.60. The van der Waals surface area contributed by atoms with Crippen LogP contribution in [0.3, 0.4) is 0 Å². The lowest BCUT2D eigenvalue weighted by Gasteiger charge is -2.11. The lowest BCUT2D eigenvalue weighted by atomic mass is 9.99. The Bertz CT molecular complexity index is 532. The number of alkyl halides is 3. The highest BCUT2D eigenvalue weighted by Crippen LogP contribution is 2.34. The average Bonchev–Trinajstić information content (AvgIpc) is 2.25. The minimum absolute atomic E-state index is 0.107. The van der Waals surface area contributed by atoms with Gasteiger partial charge in [0.2, 0.25) is 0 Å². The molecule has 1 aromatic carbocycles. The lowest BCUT2D eigenvalue weighted by molar-refractivity contribution is -0.137. The number of rotatable bonds is 2.